The molecular weight excluding hydrogens is 581 g/mol. The number of nitrogens with zero attached hydrogens (tertiary/aromatic N) is 2. The third-order valence-corrected chi connectivity index (χ3v) is 9.92. The van der Waals surface area contributed by atoms with E-state index in [2.05, 4.69) is 191 Å². The van der Waals surface area contributed by atoms with Crippen molar-refractivity contribution < 1.29 is 0 Å². The summed E-state index contributed by atoms with van der Waals surface area (Å²) in [6.07, 6.45) is 0. The molecule has 8 aromatic carbocycles. The standard InChI is InChI=1S/C46H30N2/c1-2-11-31(12-3-1)32-21-25-36(26-22-32)47-43-18-8-6-16-38(43)40-27-23-34(29-45(40)47)35-24-28-41-39-17-7-9-19-44(39)48(46(41)30-35)42-20-10-14-33-13-4-5-15-37(33)42/h1-30H. The van der Waals surface area contributed by atoms with Gasteiger partial charge in [0.1, 0.15) is 0 Å². The van der Waals surface area contributed by atoms with Crippen LogP contribution in [0.15, 0.2) is 182 Å². The van der Waals surface area contributed by atoms with Gasteiger partial charge < -0.3 is 9.13 Å². The Hall–Kier alpha value is -6.38. The van der Waals surface area contributed by atoms with Crippen LogP contribution in [-0.2, 0) is 0 Å². The lowest BCUT2D eigenvalue weighted by molar-refractivity contribution is 1.18. The van der Waals surface area contributed by atoms with Crippen molar-refractivity contribution in [2.75, 3.05) is 0 Å². The zero-order valence-electron chi connectivity index (χ0n) is 26.2. The van der Waals surface area contributed by atoms with Gasteiger partial charge in [0.2, 0.25) is 0 Å². The highest BCUT2D eigenvalue weighted by molar-refractivity contribution is 6.13. The molecule has 224 valence electrons. The zero-order valence-corrected chi connectivity index (χ0v) is 26.2. The molecule has 0 bridgehead atoms. The number of aromatic nitrogens is 2. The summed E-state index contributed by atoms with van der Waals surface area (Å²) in [5, 5.41) is 7.53. The van der Waals surface area contributed by atoms with Gasteiger partial charge in [-0.25, -0.2) is 0 Å². The second-order valence-electron chi connectivity index (χ2n) is 12.6. The molecule has 0 fully saturated rings. The van der Waals surface area contributed by atoms with Crippen LogP contribution in [0.2, 0.25) is 0 Å². The Labute approximate surface area is 278 Å². The SMILES string of the molecule is c1ccc(-c2ccc(-n3c4ccccc4c4ccc(-c5ccc6c7ccccc7n(-c7cccc8ccccc78)c6c5)cc43)cc2)cc1. The van der Waals surface area contributed by atoms with Crippen LogP contribution in [0, 0.1) is 0 Å². The largest absolute Gasteiger partial charge is 0.309 e. The molecule has 2 aromatic heterocycles. The molecule has 0 unspecified atom stereocenters. The maximum atomic E-state index is 2.44. The van der Waals surface area contributed by atoms with Crippen LogP contribution in [0.25, 0.3) is 88.0 Å². The minimum absolute atomic E-state index is 1.16. The minimum atomic E-state index is 1.16. The fourth-order valence-electron chi connectivity index (χ4n) is 7.67. The number of benzene rings is 8. The van der Waals surface area contributed by atoms with Gasteiger partial charge in [-0.2, -0.15) is 0 Å². The van der Waals surface area contributed by atoms with Crippen LogP contribution in [0.1, 0.15) is 0 Å². The van der Waals surface area contributed by atoms with E-state index in [9.17, 15) is 0 Å². The van der Waals surface area contributed by atoms with Crippen molar-refractivity contribution in [3.63, 3.8) is 0 Å². The van der Waals surface area contributed by atoms with Gasteiger partial charge in [-0.15, -0.1) is 0 Å². The average Bonchev–Trinajstić information content (AvgIpc) is 3.67. The van der Waals surface area contributed by atoms with E-state index in [0.29, 0.717) is 0 Å². The Morgan fingerprint density at radius 2 is 0.750 bits per heavy atom. The predicted molar refractivity (Wildman–Crippen MR) is 203 cm³/mol. The molecule has 2 heterocycles. The molecular formula is C46H30N2. The molecule has 0 N–H and O–H groups in total. The third kappa shape index (κ3) is 4.06. The van der Waals surface area contributed by atoms with Crippen LogP contribution < -0.4 is 0 Å². The van der Waals surface area contributed by atoms with E-state index in [1.165, 1.54) is 82.3 Å². The van der Waals surface area contributed by atoms with Gasteiger partial charge in [0, 0.05) is 32.6 Å². The Bertz CT molecular complexity index is 2810. The summed E-state index contributed by atoms with van der Waals surface area (Å²) in [6.45, 7) is 0. The molecule has 2 nitrogen and oxygen atoms in total. The monoisotopic (exact) mass is 610 g/mol. The van der Waals surface area contributed by atoms with Crippen LogP contribution in [-0.4, -0.2) is 9.13 Å². The summed E-state index contributed by atoms with van der Waals surface area (Å²) in [7, 11) is 0. The summed E-state index contributed by atoms with van der Waals surface area (Å²) in [5.74, 6) is 0. The Balaban J connectivity index is 1.18. The van der Waals surface area contributed by atoms with Crippen molar-refractivity contribution in [1.29, 1.82) is 0 Å². The lowest BCUT2D eigenvalue weighted by Gasteiger charge is -2.13. The van der Waals surface area contributed by atoms with Gasteiger partial charge in [-0.1, -0.05) is 140 Å². The molecule has 0 aliphatic carbocycles. The number of para-hydroxylation sites is 2. The van der Waals surface area contributed by atoms with E-state index in [0.717, 1.165) is 5.69 Å². The molecule has 10 rings (SSSR count). The topological polar surface area (TPSA) is 9.86 Å². The smallest absolute Gasteiger partial charge is 0.0547 e. The van der Waals surface area contributed by atoms with Gasteiger partial charge in [0.25, 0.3) is 0 Å². The highest BCUT2D eigenvalue weighted by Gasteiger charge is 2.17. The van der Waals surface area contributed by atoms with Gasteiger partial charge in [0.05, 0.1) is 27.8 Å². The Morgan fingerprint density at radius 1 is 0.271 bits per heavy atom. The molecule has 0 aliphatic heterocycles. The summed E-state index contributed by atoms with van der Waals surface area (Å²) in [6, 6.07) is 66.2. The van der Waals surface area contributed by atoms with E-state index in [-0.39, 0.29) is 0 Å². The Morgan fingerprint density at radius 3 is 1.44 bits per heavy atom. The fraction of sp³-hybridized carbons (Fsp3) is 0. The number of hydrogen-bond donors (Lipinski definition) is 0. The van der Waals surface area contributed by atoms with Crippen molar-refractivity contribution in [3.8, 4) is 33.6 Å². The summed E-state index contributed by atoms with van der Waals surface area (Å²) < 4.78 is 4.86. The number of hydrogen-bond acceptors (Lipinski definition) is 0. The normalized spacial score (nSPS) is 11.8. The molecule has 2 heteroatoms. The maximum absolute atomic E-state index is 2.44. The second-order valence-corrected chi connectivity index (χ2v) is 12.6. The molecule has 0 saturated heterocycles. The molecule has 0 aliphatic rings. The predicted octanol–water partition coefficient (Wildman–Crippen LogP) is 12.4. The van der Waals surface area contributed by atoms with E-state index in [1.807, 2.05) is 0 Å². The fourth-order valence-corrected chi connectivity index (χ4v) is 7.67. The van der Waals surface area contributed by atoms with Gasteiger partial charge >= 0.3 is 0 Å². The van der Waals surface area contributed by atoms with Crippen LogP contribution in [0.5, 0.6) is 0 Å². The van der Waals surface area contributed by atoms with Crippen molar-refractivity contribution in [2.24, 2.45) is 0 Å². The first-order valence-corrected chi connectivity index (χ1v) is 16.5. The lowest BCUT2D eigenvalue weighted by atomic mass is 10.0. The lowest BCUT2D eigenvalue weighted by Crippen LogP contribution is -1.95. The first-order valence-electron chi connectivity index (χ1n) is 16.5. The van der Waals surface area contributed by atoms with Crippen molar-refractivity contribution in [2.45, 2.75) is 0 Å². The summed E-state index contributed by atoms with van der Waals surface area (Å²) in [4.78, 5) is 0. The quantitative estimate of drug-likeness (QED) is 0.188. The van der Waals surface area contributed by atoms with E-state index in [4.69, 9.17) is 0 Å². The second kappa shape index (κ2) is 10.6. The van der Waals surface area contributed by atoms with Crippen molar-refractivity contribution in [3.05, 3.63) is 182 Å². The molecule has 0 saturated carbocycles. The molecule has 0 radical (unpaired) electrons. The third-order valence-electron chi connectivity index (χ3n) is 9.92. The van der Waals surface area contributed by atoms with Crippen LogP contribution >= 0.6 is 0 Å². The summed E-state index contributed by atoms with van der Waals surface area (Å²) >= 11 is 0. The highest BCUT2D eigenvalue weighted by Crippen LogP contribution is 2.39. The first-order chi connectivity index (χ1) is 23.8. The van der Waals surface area contributed by atoms with Crippen molar-refractivity contribution >= 4 is 54.4 Å². The Kier molecular flexibility index (Phi) is 5.91. The van der Waals surface area contributed by atoms with E-state index < -0.39 is 0 Å². The summed E-state index contributed by atoms with van der Waals surface area (Å²) in [5.41, 5.74) is 12.0. The van der Waals surface area contributed by atoms with E-state index >= 15 is 0 Å². The average molecular weight is 611 g/mol. The molecule has 48 heavy (non-hydrogen) atoms. The minimum Gasteiger partial charge on any atom is -0.309 e. The maximum Gasteiger partial charge on any atom is 0.0547 e. The van der Waals surface area contributed by atoms with Crippen molar-refractivity contribution in [1.82, 2.24) is 9.13 Å². The molecule has 10 aromatic rings. The first kappa shape index (κ1) is 26.8. The molecule has 0 amide bonds. The zero-order chi connectivity index (χ0) is 31.6. The van der Waals surface area contributed by atoms with Gasteiger partial charge in [-0.3, -0.25) is 0 Å². The van der Waals surface area contributed by atoms with Crippen LogP contribution in [0.3, 0.4) is 0 Å². The van der Waals surface area contributed by atoms with Gasteiger partial charge in [0.15, 0.2) is 0 Å². The number of rotatable bonds is 4. The number of fused-ring (bicyclic) bond motifs is 7. The van der Waals surface area contributed by atoms with Gasteiger partial charge in [-0.05, 0) is 70.1 Å². The van der Waals surface area contributed by atoms with Crippen LogP contribution in [0.4, 0.5) is 0 Å². The van der Waals surface area contributed by atoms with E-state index in [1.54, 1.807) is 0 Å². The molecule has 0 atom stereocenters. The molecule has 0 spiro atoms. The highest BCUT2D eigenvalue weighted by atomic mass is 15.0.